The Morgan fingerprint density at radius 1 is 0.238 bits per heavy atom. The number of hydrogen-bond acceptors (Lipinski definition) is 0. The topological polar surface area (TPSA) is 9.86 Å². The molecule has 0 saturated carbocycles. The lowest BCUT2D eigenvalue weighted by atomic mass is 9.70. The molecule has 0 atom stereocenters. The molecule has 0 fully saturated rings. The molecule has 63 heavy (non-hydrogen) atoms. The SMILES string of the molecule is c1ccc2c(c1)-c1ccc(-n3c4cccc5c6ccccc6c6cccc3c6c54)cc1C21c2ccccc2-c2ccc(-n3c4cccc5c6ccccc6c6cccc3c6c54)cc21. The Bertz CT molecular complexity index is 3870. The fraction of sp³-hybridized carbons (Fsp3) is 0.0164. The summed E-state index contributed by atoms with van der Waals surface area (Å²) in [6, 6.07) is 78.3. The fourth-order valence-electron chi connectivity index (χ4n) is 13.0. The molecule has 2 aliphatic rings. The van der Waals surface area contributed by atoms with Crippen molar-refractivity contribution in [2.45, 2.75) is 5.41 Å². The Balaban J connectivity index is 1.01. The van der Waals surface area contributed by atoms with E-state index in [-0.39, 0.29) is 0 Å². The fourth-order valence-corrected chi connectivity index (χ4v) is 13.0. The number of hydrogen-bond donors (Lipinski definition) is 0. The van der Waals surface area contributed by atoms with Gasteiger partial charge >= 0.3 is 0 Å². The molecule has 2 heteroatoms. The van der Waals surface area contributed by atoms with Crippen molar-refractivity contribution >= 4 is 86.7 Å². The summed E-state index contributed by atoms with van der Waals surface area (Å²) >= 11 is 0. The molecule has 2 aromatic heterocycles. The zero-order chi connectivity index (χ0) is 40.7. The van der Waals surface area contributed by atoms with Gasteiger partial charge < -0.3 is 9.13 Å². The zero-order valence-electron chi connectivity index (χ0n) is 34.0. The highest BCUT2D eigenvalue weighted by Crippen LogP contribution is 2.63. The first-order valence-corrected chi connectivity index (χ1v) is 22.1. The summed E-state index contributed by atoms with van der Waals surface area (Å²) in [5, 5.41) is 15.8. The number of nitrogens with zero attached hydrogens (tertiary/aromatic N) is 2. The van der Waals surface area contributed by atoms with Crippen LogP contribution in [0.1, 0.15) is 22.3 Å². The van der Waals surface area contributed by atoms with Gasteiger partial charge in [-0.1, -0.05) is 158 Å². The van der Waals surface area contributed by atoms with Gasteiger partial charge in [-0.15, -0.1) is 0 Å². The highest BCUT2D eigenvalue weighted by molar-refractivity contribution is 6.35. The van der Waals surface area contributed by atoms with Crippen LogP contribution < -0.4 is 0 Å². The molecule has 14 aromatic rings. The summed E-state index contributed by atoms with van der Waals surface area (Å²) in [6.07, 6.45) is 0. The second-order valence-corrected chi connectivity index (χ2v) is 17.9. The van der Waals surface area contributed by atoms with E-state index in [2.05, 4.69) is 215 Å². The third-order valence-corrected chi connectivity index (χ3v) is 15.2. The molecule has 0 amide bonds. The van der Waals surface area contributed by atoms with Crippen LogP contribution in [0, 0.1) is 0 Å². The van der Waals surface area contributed by atoms with Crippen LogP contribution in [-0.2, 0) is 5.41 Å². The lowest BCUT2D eigenvalue weighted by Gasteiger charge is -2.31. The van der Waals surface area contributed by atoms with Crippen molar-refractivity contribution in [1.29, 1.82) is 0 Å². The van der Waals surface area contributed by atoms with Gasteiger partial charge in [0.1, 0.15) is 0 Å². The van der Waals surface area contributed by atoms with Gasteiger partial charge in [0, 0.05) is 32.9 Å². The van der Waals surface area contributed by atoms with Crippen molar-refractivity contribution in [1.82, 2.24) is 9.13 Å². The first kappa shape index (κ1) is 32.6. The van der Waals surface area contributed by atoms with Gasteiger partial charge in [-0.3, -0.25) is 0 Å². The maximum absolute atomic E-state index is 2.54. The van der Waals surface area contributed by atoms with Crippen LogP contribution in [0.15, 0.2) is 206 Å². The van der Waals surface area contributed by atoms with Crippen molar-refractivity contribution < 1.29 is 0 Å². The molecule has 0 bridgehead atoms. The highest BCUT2D eigenvalue weighted by atomic mass is 15.0. The molecule has 0 unspecified atom stereocenters. The number of aromatic nitrogens is 2. The van der Waals surface area contributed by atoms with Gasteiger partial charge in [0.2, 0.25) is 0 Å². The maximum Gasteiger partial charge on any atom is 0.0727 e. The minimum absolute atomic E-state index is 0.525. The summed E-state index contributed by atoms with van der Waals surface area (Å²) < 4.78 is 5.07. The van der Waals surface area contributed by atoms with Gasteiger partial charge in [-0.05, 0) is 136 Å². The first-order valence-electron chi connectivity index (χ1n) is 22.1. The predicted octanol–water partition coefficient (Wildman–Crippen LogP) is 15.7. The van der Waals surface area contributed by atoms with E-state index >= 15 is 0 Å². The normalized spacial score (nSPS) is 13.8. The van der Waals surface area contributed by atoms with Gasteiger partial charge in [0.15, 0.2) is 0 Å². The van der Waals surface area contributed by atoms with Crippen molar-refractivity contribution in [2.75, 3.05) is 0 Å². The van der Waals surface area contributed by atoms with E-state index in [1.165, 1.54) is 143 Å². The van der Waals surface area contributed by atoms with E-state index in [0.29, 0.717) is 0 Å². The molecular formula is C61H34N2. The zero-order valence-corrected chi connectivity index (χ0v) is 34.0. The molecule has 12 aromatic carbocycles. The van der Waals surface area contributed by atoms with Crippen LogP contribution in [0.4, 0.5) is 0 Å². The highest BCUT2D eigenvalue weighted by Gasteiger charge is 2.52. The molecule has 0 saturated heterocycles. The van der Waals surface area contributed by atoms with Crippen molar-refractivity contribution in [2.24, 2.45) is 0 Å². The van der Waals surface area contributed by atoms with Crippen LogP contribution in [-0.4, -0.2) is 9.13 Å². The van der Waals surface area contributed by atoms with Crippen LogP contribution >= 0.6 is 0 Å². The second-order valence-electron chi connectivity index (χ2n) is 17.9. The Hall–Kier alpha value is -8.20. The average Bonchev–Trinajstić information content (AvgIpc) is 4.06. The molecule has 2 nitrogen and oxygen atoms in total. The number of rotatable bonds is 2. The summed E-state index contributed by atoms with van der Waals surface area (Å²) in [5.74, 6) is 0. The Morgan fingerprint density at radius 3 is 0.905 bits per heavy atom. The third-order valence-electron chi connectivity index (χ3n) is 15.2. The summed E-state index contributed by atoms with van der Waals surface area (Å²) in [5.41, 5.74) is 17.4. The molecule has 288 valence electrons. The second kappa shape index (κ2) is 11.2. The quantitative estimate of drug-likeness (QED) is 0.154. The molecule has 1 spiro atoms. The van der Waals surface area contributed by atoms with Crippen LogP contribution in [0.2, 0.25) is 0 Å². The summed E-state index contributed by atoms with van der Waals surface area (Å²) in [7, 11) is 0. The van der Waals surface area contributed by atoms with Crippen LogP contribution in [0.5, 0.6) is 0 Å². The van der Waals surface area contributed by atoms with E-state index < -0.39 is 5.41 Å². The minimum atomic E-state index is -0.525. The van der Waals surface area contributed by atoms with E-state index in [0.717, 1.165) is 0 Å². The van der Waals surface area contributed by atoms with Gasteiger partial charge in [0.05, 0.1) is 27.5 Å². The molecular weight excluding hydrogens is 761 g/mol. The van der Waals surface area contributed by atoms with E-state index in [9.17, 15) is 0 Å². The maximum atomic E-state index is 2.54. The molecule has 0 N–H and O–H groups in total. The largest absolute Gasteiger partial charge is 0.309 e. The summed E-state index contributed by atoms with van der Waals surface area (Å²) in [4.78, 5) is 0. The third kappa shape index (κ3) is 3.69. The monoisotopic (exact) mass is 794 g/mol. The van der Waals surface area contributed by atoms with Crippen molar-refractivity contribution in [3.05, 3.63) is 229 Å². The molecule has 16 rings (SSSR count). The van der Waals surface area contributed by atoms with Crippen molar-refractivity contribution in [3.63, 3.8) is 0 Å². The lowest BCUT2D eigenvalue weighted by Crippen LogP contribution is -2.26. The minimum Gasteiger partial charge on any atom is -0.309 e. The molecule has 2 heterocycles. The summed E-state index contributed by atoms with van der Waals surface area (Å²) in [6.45, 7) is 0. The predicted molar refractivity (Wildman–Crippen MR) is 264 cm³/mol. The number of fused-ring (bicyclic) bond motifs is 16. The van der Waals surface area contributed by atoms with E-state index in [4.69, 9.17) is 0 Å². The van der Waals surface area contributed by atoms with E-state index in [1.807, 2.05) is 0 Å². The Labute approximate surface area is 361 Å². The standard InChI is InChI=1S/C61H34N2/c1-2-14-38-37(13-1)45-19-9-25-53-57(45)58-46(38)20-10-26-54(58)62(53)35-29-31-43-41-17-5-7-23-49(41)61(51(43)33-35)50-24-8-6-18-42(50)44-32-30-36(34-52(44)61)63-55-27-11-21-47-39-15-3-4-16-40(39)48-22-12-28-56(63)60(48)59(47)55/h1-34H. The Kier molecular flexibility index (Phi) is 5.78. The molecule has 2 aliphatic carbocycles. The first-order chi connectivity index (χ1) is 31.3. The lowest BCUT2D eigenvalue weighted by molar-refractivity contribution is 0.791. The Morgan fingerprint density at radius 2 is 0.540 bits per heavy atom. The average molecular weight is 795 g/mol. The van der Waals surface area contributed by atoms with E-state index in [1.54, 1.807) is 0 Å². The number of benzene rings is 12. The van der Waals surface area contributed by atoms with Crippen molar-refractivity contribution in [3.8, 4) is 33.6 Å². The van der Waals surface area contributed by atoms with Crippen LogP contribution in [0.25, 0.3) is 120 Å². The smallest absolute Gasteiger partial charge is 0.0727 e. The van der Waals surface area contributed by atoms with Crippen LogP contribution in [0.3, 0.4) is 0 Å². The van der Waals surface area contributed by atoms with Gasteiger partial charge in [0.25, 0.3) is 0 Å². The van der Waals surface area contributed by atoms with Gasteiger partial charge in [-0.2, -0.15) is 0 Å². The van der Waals surface area contributed by atoms with Gasteiger partial charge in [-0.25, -0.2) is 0 Å². The molecule has 0 radical (unpaired) electrons. The molecule has 0 aliphatic heterocycles.